The van der Waals surface area contributed by atoms with Crippen molar-refractivity contribution in [3.05, 3.63) is 75.5 Å². The Morgan fingerprint density at radius 3 is 2.07 bits per heavy atom. The van der Waals surface area contributed by atoms with E-state index in [2.05, 4.69) is 71.9 Å². The number of aryl methyl sites for hydroxylation is 5. The second-order valence-corrected chi connectivity index (χ2v) is 7.81. The third-order valence-electron chi connectivity index (χ3n) is 4.97. The number of hydrogen-bond acceptors (Lipinski definition) is 3. The number of hydrogen-bond donors (Lipinski definition) is 1. The standard InChI is InChI=1S/C21H22N.C5H8O2.Ir/c1-12-7-13(2)9-18(8-12)21-15(4)10-19-17(6)16(5)14(3)11-20(19)22-21;1-4(6)3-5(2)7;/h7-8,10-11H,1-6H3;3,6H,1-2H3;/q-1;;/b;4-3-;. The molecule has 1 heterocycles. The summed E-state index contributed by atoms with van der Waals surface area (Å²) in [5.41, 5.74) is 10.8. The molecule has 3 aromatic rings. The van der Waals surface area contributed by atoms with Crippen LogP contribution in [-0.4, -0.2) is 15.9 Å². The van der Waals surface area contributed by atoms with Crippen LogP contribution in [0.2, 0.25) is 0 Å². The molecule has 1 radical (unpaired) electrons. The fourth-order valence-electron chi connectivity index (χ4n) is 3.44. The molecule has 0 fully saturated rings. The van der Waals surface area contributed by atoms with Crippen LogP contribution in [0.4, 0.5) is 0 Å². The molecule has 4 heteroatoms. The number of aliphatic hydroxyl groups excluding tert-OH is 1. The van der Waals surface area contributed by atoms with Crippen LogP contribution in [-0.2, 0) is 24.9 Å². The van der Waals surface area contributed by atoms with Gasteiger partial charge in [-0.2, -0.15) is 0 Å². The predicted molar refractivity (Wildman–Crippen MR) is 122 cm³/mol. The van der Waals surface area contributed by atoms with Gasteiger partial charge in [0.15, 0.2) is 5.78 Å². The summed E-state index contributed by atoms with van der Waals surface area (Å²) < 4.78 is 0. The number of aliphatic hydroxyl groups is 1. The Labute approximate surface area is 193 Å². The van der Waals surface area contributed by atoms with Crippen molar-refractivity contribution in [2.45, 2.75) is 55.4 Å². The van der Waals surface area contributed by atoms with Crippen molar-refractivity contribution in [3.8, 4) is 11.3 Å². The Bertz CT molecular complexity index is 1090. The number of benzene rings is 2. The number of aromatic nitrogens is 1. The molecular formula is C26H30IrNO2-. The summed E-state index contributed by atoms with van der Waals surface area (Å²) >= 11 is 0. The first-order valence-corrected chi connectivity index (χ1v) is 9.76. The molecule has 0 atom stereocenters. The van der Waals surface area contributed by atoms with E-state index in [1.807, 2.05) is 0 Å². The number of carbonyl (C=O) groups is 1. The van der Waals surface area contributed by atoms with Crippen LogP contribution >= 0.6 is 0 Å². The Balaban J connectivity index is 0.000000489. The quantitative estimate of drug-likeness (QED) is 0.212. The summed E-state index contributed by atoms with van der Waals surface area (Å²) in [6, 6.07) is 12.2. The summed E-state index contributed by atoms with van der Waals surface area (Å²) in [5.74, 6) is -0.0625. The minimum atomic E-state index is -0.125. The number of rotatable bonds is 2. The van der Waals surface area contributed by atoms with Gasteiger partial charge in [-0.1, -0.05) is 25.5 Å². The Kier molecular flexibility index (Phi) is 9.14. The Morgan fingerprint density at radius 2 is 1.57 bits per heavy atom. The molecule has 0 spiro atoms. The molecule has 3 nitrogen and oxygen atoms in total. The fourth-order valence-corrected chi connectivity index (χ4v) is 3.44. The van der Waals surface area contributed by atoms with Gasteiger partial charge in [-0.25, -0.2) is 0 Å². The summed E-state index contributed by atoms with van der Waals surface area (Å²) in [6.07, 6.45) is 1.17. The van der Waals surface area contributed by atoms with Gasteiger partial charge in [0.05, 0.1) is 11.3 Å². The minimum Gasteiger partial charge on any atom is -0.512 e. The van der Waals surface area contributed by atoms with Crippen molar-refractivity contribution in [1.82, 2.24) is 4.98 Å². The fraction of sp³-hybridized carbons (Fsp3) is 0.308. The molecule has 0 aliphatic rings. The normalized spacial score (nSPS) is 10.9. The van der Waals surface area contributed by atoms with Crippen LogP contribution in [0.5, 0.6) is 0 Å². The average Bonchev–Trinajstić information content (AvgIpc) is 2.59. The number of carbonyl (C=O) groups excluding carboxylic acids is 1. The van der Waals surface area contributed by atoms with Gasteiger partial charge in [-0.15, -0.1) is 34.9 Å². The molecule has 3 rings (SSSR count). The number of nitrogens with zero attached hydrogens (tertiary/aromatic N) is 1. The summed E-state index contributed by atoms with van der Waals surface area (Å²) in [5, 5.41) is 9.62. The van der Waals surface area contributed by atoms with Gasteiger partial charge in [0.2, 0.25) is 0 Å². The summed E-state index contributed by atoms with van der Waals surface area (Å²) in [4.78, 5) is 15.0. The van der Waals surface area contributed by atoms with Crippen molar-refractivity contribution in [1.29, 1.82) is 0 Å². The van der Waals surface area contributed by atoms with Gasteiger partial charge in [0.25, 0.3) is 0 Å². The molecule has 30 heavy (non-hydrogen) atoms. The molecule has 0 aliphatic heterocycles. The van der Waals surface area contributed by atoms with Crippen molar-refractivity contribution < 1.29 is 30.0 Å². The van der Waals surface area contributed by atoms with Gasteiger partial charge >= 0.3 is 0 Å². The van der Waals surface area contributed by atoms with E-state index < -0.39 is 0 Å². The Hall–Kier alpha value is -2.29. The zero-order valence-electron chi connectivity index (χ0n) is 19.0. The van der Waals surface area contributed by atoms with Crippen LogP contribution in [0.15, 0.2) is 36.1 Å². The topological polar surface area (TPSA) is 50.2 Å². The average molecular weight is 581 g/mol. The van der Waals surface area contributed by atoms with Crippen molar-refractivity contribution in [3.63, 3.8) is 0 Å². The molecule has 161 valence electrons. The summed E-state index contributed by atoms with van der Waals surface area (Å²) in [6.45, 7) is 15.7. The molecule has 0 aliphatic carbocycles. The van der Waals surface area contributed by atoms with Crippen LogP contribution in [0, 0.1) is 47.6 Å². The van der Waals surface area contributed by atoms with Crippen molar-refractivity contribution in [2.75, 3.05) is 0 Å². The van der Waals surface area contributed by atoms with Gasteiger partial charge in [0, 0.05) is 31.6 Å². The number of fused-ring (bicyclic) bond motifs is 1. The SMILES string of the molecule is CC(=O)/C=C(/C)O.Cc1[c-]c(-c2nc3cc(C)c(C)c(C)c3cc2C)cc(C)c1.[Ir]. The first-order chi connectivity index (χ1) is 13.5. The number of ketones is 1. The third kappa shape index (κ3) is 6.35. The van der Waals surface area contributed by atoms with Crippen LogP contribution in [0.1, 0.15) is 47.2 Å². The molecule has 0 bridgehead atoms. The maximum atomic E-state index is 10.0. The van der Waals surface area contributed by atoms with E-state index in [9.17, 15) is 4.79 Å². The van der Waals surface area contributed by atoms with Crippen LogP contribution < -0.4 is 0 Å². The minimum absolute atomic E-state index is 0. The molecule has 0 saturated heterocycles. The van der Waals surface area contributed by atoms with Gasteiger partial charge in [-0.3, -0.25) is 9.78 Å². The molecule has 1 aromatic heterocycles. The molecule has 2 aromatic carbocycles. The molecule has 0 saturated carbocycles. The molecular weight excluding hydrogens is 551 g/mol. The maximum Gasteiger partial charge on any atom is 0.155 e. The largest absolute Gasteiger partial charge is 0.512 e. The number of pyridine rings is 1. The van der Waals surface area contributed by atoms with Crippen molar-refractivity contribution in [2.24, 2.45) is 0 Å². The molecule has 1 N–H and O–H groups in total. The maximum absolute atomic E-state index is 10.0. The van der Waals surface area contributed by atoms with E-state index in [1.54, 1.807) is 0 Å². The number of allylic oxidation sites excluding steroid dienone is 2. The van der Waals surface area contributed by atoms with Gasteiger partial charge in [0.1, 0.15) is 0 Å². The first kappa shape index (κ1) is 25.7. The van der Waals surface area contributed by atoms with Crippen LogP contribution in [0.3, 0.4) is 0 Å². The zero-order chi connectivity index (χ0) is 21.9. The monoisotopic (exact) mass is 581 g/mol. The zero-order valence-corrected chi connectivity index (χ0v) is 21.4. The van der Waals surface area contributed by atoms with Gasteiger partial charge in [-0.05, 0) is 70.0 Å². The molecule has 0 unspecified atom stereocenters. The van der Waals surface area contributed by atoms with Crippen LogP contribution in [0.25, 0.3) is 22.2 Å². The second-order valence-electron chi connectivity index (χ2n) is 7.81. The van der Waals surface area contributed by atoms with Gasteiger partial charge < -0.3 is 5.11 Å². The van der Waals surface area contributed by atoms with E-state index >= 15 is 0 Å². The van der Waals surface area contributed by atoms with Crippen molar-refractivity contribution >= 4 is 16.7 Å². The van der Waals surface area contributed by atoms with E-state index in [-0.39, 0.29) is 31.6 Å². The Morgan fingerprint density at radius 1 is 0.933 bits per heavy atom. The smallest absolute Gasteiger partial charge is 0.155 e. The second kappa shape index (κ2) is 10.7. The first-order valence-electron chi connectivity index (χ1n) is 9.76. The third-order valence-corrected chi connectivity index (χ3v) is 4.97. The van der Waals surface area contributed by atoms with E-state index in [0.717, 1.165) is 22.3 Å². The van der Waals surface area contributed by atoms with E-state index in [1.165, 1.54) is 53.1 Å². The predicted octanol–water partition coefficient (Wildman–Crippen LogP) is 6.59. The summed E-state index contributed by atoms with van der Waals surface area (Å²) in [7, 11) is 0. The van der Waals surface area contributed by atoms with E-state index in [0.29, 0.717) is 0 Å². The molecule has 0 amide bonds. The van der Waals surface area contributed by atoms with E-state index in [4.69, 9.17) is 10.1 Å².